The Morgan fingerprint density at radius 2 is 2.05 bits per heavy atom. The monoisotopic (exact) mass is 352 g/mol. The molecule has 3 nitrogen and oxygen atoms in total. The standard InChI is InChI=1S/C17H25BrN2O/c1-2-20(16-11-14-6-7-15(12-16)19-14)8-9-21-17-5-3-4-13(18)10-17/h3-5,10,14-16,19H,2,6-9,11-12H2,1H3. The molecular weight excluding hydrogens is 328 g/mol. The van der Waals surface area contributed by atoms with Gasteiger partial charge in [-0.1, -0.05) is 28.9 Å². The fourth-order valence-corrected chi connectivity index (χ4v) is 4.14. The van der Waals surface area contributed by atoms with E-state index in [1.807, 2.05) is 24.3 Å². The van der Waals surface area contributed by atoms with Gasteiger partial charge in [0.1, 0.15) is 12.4 Å². The van der Waals surface area contributed by atoms with E-state index in [-0.39, 0.29) is 0 Å². The minimum Gasteiger partial charge on any atom is -0.492 e. The van der Waals surface area contributed by atoms with Crippen molar-refractivity contribution in [2.24, 2.45) is 0 Å². The number of halogens is 1. The topological polar surface area (TPSA) is 24.5 Å². The molecule has 2 saturated heterocycles. The SMILES string of the molecule is CCN(CCOc1cccc(Br)c1)C1CC2CCC(C1)N2. The number of hydrogen-bond donors (Lipinski definition) is 1. The Labute approximate surface area is 136 Å². The van der Waals surface area contributed by atoms with Gasteiger partial charge in [-0.3, -0.25) is 4.90 Å². The van der Waals surface area contributed by atoms with Gasteiger partial charge in [0.05, 0.1) is 0 Å². The summed E-state index contributed by atoms with van der Waals surface area (Å²) in [6, 6.07) is 10.3. The van der Waals surface area contributed by atoms with Gasteiger partial charge >= 0.3 is 0 Å². The molecule has 2 heterocycles. The molecule has 0 saturated carbocycles. The molecule has 1 aromatic carbocycles. The molecule has 3 rings (SSSR count). The van der Waals surface area contributed by atoms with Crippen LogP contribution in [-0.4, -0.2) is 42.7 Å². The van der Waals surface area contributed by atoms with Gasteiger partial charge in [-0.2, -0.15) is 0 Å². The first-order valence-corrected chi connectivity index (χ1v) is 8.92. The number of rotatable bonds is 6. The van der Waals surface area contributed by atoms with Crippen molar-refractivity contribution in [1.29, 1.82) is 0 Å². The first-order valence-electron chi connectivity index (χ1n) is 8.13. The van der Waals surface area contributed by atoms with E-state index in [0.29, 0.717) is 0 Å². The Balaban J connectivity index is 1.48. The molecule has 1 N–H and O–H groups in total. The van der Waals surface area contributed by atoms with Crippen molar-refractivity contribution in [1.82, 2.24) is 10.2 Å². The van der Waals surface area contributed by atoms with Crippen LogP contribution in [0.4, 0.5) is 0 Å². The zero-order valence-electron chi connectivity index (χ0n) is 12.7. The summed E-state index contributed by atoms with van der Waals surface area (Å²) in [4.78, 5) is 2.60. The zero-order chi connectivity index (χ0) is 14.7. The molecule has 21 heavy (non-hydrogen) atoms. The Morgan fingerprint density at radius 1 is 1.29 bits per heavy atom. The van der Waals surface area contributed by atoms with Crippen LogP contribution in [0.15, 0.2) is 28.7 Å². The second-order valence-corrected chi connectivity index (χ2v) is 7.11. The Hall–Kier alpha value is -0.580. The first-order chi connectivity index (χ1) is 10.2. The molecule has 2 fully saturated rings. The summed E-state index contributed by atoms with van der Waals surface area (Å²) >= 11 is 3.48. The summed E-state index contributed by atoms with van der Waals surface area (Å²) in [6.45, 7) is 5.17. The van der Waals surface area contributed by atoms with Crippen molar-refractivity contribution in [3.8, 4) is 5.75 Å². The number of hydrogen-bond acceptors (Lipinski definition) is 3. The summed E-state index contributed by atoms with van der Waals surface area (Å²) < 4.78 is 6.96. The number of benzene rings is 1. The highest BCUT2D eigenvalue weighted by Gasteiger charge is 2.35. The fourth-order valence-electron chi connectivity index (χ4n) is 3.76. The molecule has 2 aliphatic heterocycles. The van der Waals surface area contributed by atoms with Crippen LogP contribution in [0, 0.1) is 0 Å². The van der Waals surface area contributed by atoms with Crippen molar-refractivity contribution < 1.29 is 4.74 Å². The average molecular weight is 353 g/mol. The van der Waals surface area contributed by atoms with Crippen molar-refractivity contribution in [3.05, 3.63) is 28.7 Å². The summed E-state index contributed by atoms with van der Waals surface area (Å²) in [5.74, 6) is 0.950. The smallest absolute Gasteiger partial charge is 0.120 e. The summed E-state index contributed by atoms with van der Waals surface area (Å²) in [5.41, 5.74) is 0. The Kier molecular flexibility index (Phi) is 5.19. The minimum atomic E-state index is 0.736. The van der Waals surface area contributed by atoms with E-state index in [4.69, 9.17) is 4.74 Å². The Morgan fingerprint density at radius 3 is 2.71 bits per heavy atom. The number of ether oxygens (including phenoxy) is 1. The lowest BCUT2D eigenvalue weighted by atomic mass is 9.98. The van der Waals surface area contributed by atoms with Crippen LogP contribution in [0.5, 0.6) is 5.75 Å². The third-order valence-corrected chi connectivity index (χ3v) is 5.31. The molecule has 0 radical (unpaired) electrons. The van der Waals surface area contributed by atoms with Crippen molar-refractivity contribution in [2.75, 3.05) is 19.7 Å². The summed E-state index contributed by atoms with van der Waals surface area (Å²) in [6.07, 6.45) is 5.35. The normalized spacial score (nSPS) is 28.0. The van der Waals surface area contributed by atoms with Gasteiger partial charge in [0.25, 0.3) is 0 Å². The van der Waals surface area contributed by atoms with Crippen LogP contribution in [0.2, 0.25) is 0 Å². The number of piperidine rings is 1. The minimum absolute atomic E-state index is 0.736. The average Bonchev–Trinajstić information content (AvgIpc) is 2.82. The number of fused-ring (bicyclic) bond motifs is 2. The van der Waals surface area contributed by atoms with Crippen molar-refractivity contribution in [2.45, 2.75) is 50.7 Å². The van der Waals surface area contributed by atoms with E-state index >= 15 is 0 Å². The molecule has 116 valence electrons. The van der Waals surface area contributed by atoms with Gasteiger partial charge in [-0.15, -0.1) is 0 Å². The molecule has 0 amide bonds. The van der Waals surface area contributed by atoms with E-state index in [2.05, 4.69) is 33.1 Å². The van der Waals surface area contributed by atoms with Gasteiger partial charge in [0, 0.05) is 29.1 Å². The van der Waals surface area contributed by atoms with Gasteiger partial charge in [0.15, 0.2) is 0 Å². The highest BCUT2D eigenvalue weighted by atomic mass is 79.9. The van der Waals surface area contributed by atoms with Gasteiger partial charge in [-0.25, -0.2) is 0 Å². The first kappa shape index (κ1) is 15.3. The maximum Gasteiger partial charge on any atom is 0.120 e. The lowest BCUT2D eigenvalue weighted by Gasteiger charge is -2.37. The molecule has 2 bridgehead atoms. The van der Waals surface area contributed by atoms with Crippen LogP contribution in [0.25, 0.3) is 0 Å². The molecule has 1 aromatic rings. The predicted octanol–water partition coefficient (Wildman–Crippen LogP) is 3.43. The van der Waals surface area contributed by atoms with Crippen molar-refractivity contribution in [3.63, 3.8) is 0 Å². The molecule has 2 atom stereocenters. The van der Waals surface area contributed by atoms with Gasteiger partial charge in [-0.05, 0) is 50.4 Å². The molecule has 0 aromatic heterocycles. The summed E-state index contributed by atoms with van der Waals surface area (Å²) in [7, 11) is 0. The Bertz CT molecular complexity index is 456. The third kappa shape index (κ3) is 3.99. The van der Waals surface area contributed by atoms with E-state index < -0.39 is 0 Å². The number of nitrogens with zero attached hydrogens (tertiary/aromatic N) is 1. The van der Waals surface area contributed by atoms with Crippen LogP contribution < -0.4 is 10.1 Å². The molecule has 0 spiro atoms. The zero-order valence-corrected chi connectivity index (χ0v) is 14.3. The van der Waals surface area contributed by atoms with Crippen LogP contribution >= 0.6 is 15.9 Å². The predicted molar refractivity (Wildman–Crippen MR) is 89.9 cm³/mol. The largest absolute Gasteiger partial charge is 0.492 e. The molecule has 0 aliphatic carbocycles. The quantitative estimate of drug-likeness (QED) is 0.848. The lowest BCUT2D eigenvalue weighted by Crippen LogP contribution is -2.49. The lowest BCUT2D eigenvalue weighted by molar-refractivity contribution is 0.125. The second kappa shape index (κ2) is 7.12. The van der Waals surface area contributed by atoms with Gasteiger partial charge in [0.2, 0.25) is 0 Å². The van der Waals surface area contributed by atoms with E-state index in [9.17, 15) is 0 Å². The molecular formula is C17H25BrN2O. The van der Waals surface area contributed by atoms with Crippen LogP contribution in [-0.2, 0) is 0 Å². The maximum absolute atomic E-state index is 5.89. The maximum atomic E-state index is 5.89. The summed E-state index contributed by atoms with van der Waals surface area (Å²) in [5, 5.41) is 3.72. The highest BCUT2D eigenvalue weighted by Crippen LogP contribution is 2.29. The van der Waals surface area contributed by atoms with E-state index in [1.165, 1.54) is 25.7 Å². The van der Waals surface area contributed by atoms with E-state index in [1.54, 1.807) is 0 Å². The second-order valence-electron chi connectivity index (χ2n) is 6.20. The molecule has 2 aliphatic rings. The molecule has 4 heteroatoms. The third-order valence-electron chi connectivity index (χ3n) is 4.81. The van der Waals surface area contributed by atoms with E-state index in [0.717, 1.165) is 48.0 Å². The van der Waals surface area contributed by atoms with Gasteiger partial charge < -0.3 is 10.1 Å². The molecule has 2 unspecified atom stereocenters. The van der Waals surface area contributed by atoms with Crippen LogP contribution in [0.3, 0.4) is 0 Å². The number of likely N-dealkylation sites (N-methyl/N-ethyl adjacent to an activating group) is 1. The van der Waals surface area contributed by atoms with Crippen LogP contribution in [0.1, 0.15) is 32.6 Å². The number of nitrogens with one attached hydrogen (secondary N) is 1. The fraction of sp³-hybridized carbons (Fsp3) is 0.647. The highest BCUT2D eigenvalue weighted by molar-refractivity contribution is 9.10. The van der Waals surface area contributed by atoms with Crippen molar-refractivity contribution >= 4 is 15.9 Å².